The molecule has 2 aromatic rings. The van der Waals surface area contributed by atoms with E-state index in [1.165, 1.54) is 12.8 Å². The summed E-state index contributed by atoms with van der Waals surface area (Å²) >= 11 is 0. The first-order valence-corrected chi connectivity index (χ1v) is 10.8. The first-order chi connectivity index (χ1) is 14.5. The number of amides is 1. The largest absolute Gasteiger partial charge is 0.491 e. The minimum absolute atomic E-state index is 0.0425. The number of anilines is 1. The van der Waals surface area contributed by atoms with Gasteiger partial charge in [0.25, 0.3) is 0 Å². The first-order valence-electron chi connectivity index (χ1n) is 10.8. The number of methoxy groups -OCH3 is 1. The third kappa shape index (κ3) is 4.68. The molecule has 1 aromatic heterocycles. The number of nitrogens with one attached hydrogen (secondary N) is 2. The fourth-order valence-electron chi connectivity index (χ4n) is 4.14. The van der Waals surface area contributed by atoms with Crippen molar-refractivity contribution >= 4 is 11.6 Å². The number of rotatable bonds is 8. The molecule has 1 amide bonds. The molecule has 4 rings (SSSR count). The van der Waals surface area contributed by atoms with Gasteiger partial charge in [-0.15, -0.1) is 0 Å². The highest BCUT2D eigenvalue weighted by molar-refractivity contribution is 5.93. The minimum atomic E-state index is -0.273. The van der Waals surface area contributed by atoms with E-state index in [1.54, 1.807) is 7.11 Å². The van der Waals surface area contributed by atoms with Gasteiger partial charge in [0.05, 0.1) is 23.3 Å². The van der Waals surface area contributed by atoms with Crippen LogP contribution in [0.25, 0.3) is 11.1 Å². The number of carbonyl (C=O) groups excluding carboxylic acids is 1. The van der Waals surface area contributed by atoms with Crippen LogP contribution in [0.5, 0.6) is 5.75 Å². The number of ether oxygens (including phenoxy) is 2. The summed E-state index contributed by atoms with van der Waals surface area (Å²) in [7, 11) is 1.67. The van der Waals surface area contributed by atoms with Crippen LogP contribution in [0, 0.1) is 13.8 Å². The summed E-state index contributed by atoms with van der Waals surface area (Å²) < 4.78 is 17.1. The Morgan fingerprint density at radius 1 is 1.33 bits per heavy atom. The van der Waals surface area contributed by atoms with Crippen molar-refractivity contribution in [2.75, 3.05) is 25.6 Å². The molecule has 2 aliphatic rings. The van der Waals surface area contributed by atoms with E-state index in [9.17, 15) is 4.79 Å². The number of aromatic nitrogens is 1. The highest BCUT2D eigenvalue weighted by Crippen LogP contribution is 2.42. The zero-order valence-corrected chi connectivity index (χ0v) is 18.0. The predicted octanol–water partition coefficient (Wildman–Crippen LogP) is 3.99. The van der Waals surface area contributed by atoms with Crippen LogP contribution < -0.4 is 15.4 Å². The maximum absolute atomic E-state index is 12.5. The second kappa shape index (κ2) is 8.78. The topological polar surface area (TPSA) is 85.6 Å². The Morgan fingerprint density at radius 2 is 2.17 bits per heavy atom. The van der Waals surface area contributed by atoms with E-state index in [2.05, 4.69) is 15.8 Å². The molecule has 162 valence electrons. The van der Waals surface area contributed by atoms with Gasteiger partial charge in [0.15, 0.2) is 0 Å². The molecule has 0 spiro atoms. The summed E-state index contributed by atoms with van der Waals surface area (Å²) in [4.78, 5) is 12.5. The second-order valence-corrected chi connectivity index (χ2v) is 8.48. The van der Waals surface area contributed by atoms with Gasteiger partial charge in [-0.3, -0.25) is 4.79 Å². The Balaban J connectivity index is 1.54. The molecule has 7 heteroatoms. The molecule has 2 heterocycles. The lowest BCUT2D eigenvalue weighted by molar-refractivity contribution is -0.119. The highest BCUT2D eigenvalue weighted by Gasteiger charge is 2.44. The summed E-state index contributed by atoms with van der Waals surface area (Å²) in [6.07, 6.45) is 5.81. The van der Waals surface area contributed by atoms with Gasteiger partial charge in [0.2, 0.25) is 5.91 Å². The van der Waals surface area contributed by atoms with Gasteiger partial charge in [-0.25, -0.2) is 0 Å². The second-order valence-electron chi connectivity index (χ2n) is 8.48. The van der Waals surface area contributed by atoms with Crippen LogP contribution in [0.15, 0.2) is 22.7 Å². The van der Waals surface area contributed by atoms with Gasteiger partial charge < -0.3 is 24.6 Å². The summed E-state index contributed by atoms with van der Waals surface area (Å²) in [6.45, 7) is 5.46. The standard InChI is InChI=1S/C23H31N3O4/c1-15-22(16(2)30-26-15)19-12-17(25-21(27)13-23(28-3)9-10-23)7-8-20(19)29-14-18-6-4-5-11-24-18/h7-8,12,18,24H,4-6,9-11,13-14H2,1-3H3,(H,25,27)/t18-/m1/s1. The van der Waals surface area contributed by atoms with Crippen molar-refractivity contribution in [3.8, 4) is 16.9 Å². The van der Waals surface area contributed by atoms with Crippen molar-refractivity contribution in [1.82, 2.24) is 10.5 Å². The minimum Gasteiger partial charge on any atom is -0.491 e. The lowest BCUT2D eigenvalue weighted by atomic mass is 10.0. The third-order valence-corrected chi connectivity index (χ3v) is 6.14. The molecule has 1 saturated carbocycles. The third-order valence-electron chi connectivity index (χ3n) is 6.14. The summed E-state index contributed by atoms with van der Waals surface area (Å²) in [5.41, 5.74) is 3.05. The average Bonchev–Trinajstić information content (AvgIpc) is 3.44. The zero-order valence-electron chi connectivity index (χ0n) is 18.0. The van der Waals surface area contributed by atoms with E-state index in [1.807, 2.05) is 32.0 Å². The molecular weight excluding hydrogens is 382 g/mol. The molecule has 2 N–H and O–H groups in total. The van der Waals surface area contributed by atoms with Crippen molar-refractivity contribution in [1.29, 1.82) is 0 Å². The molecule has 30 heavy (non-hydrogen) atoms. The Labute approximate surface area is 177 Å². The molecule has 1 saturated heterocycles. The SMILES string of the molecule is COC1(CC(=O)Nc2ccc(OC[C@H]3CCCCN3)c(-c3c(C)noc3C)c2)CC1. The fourth-order valence-corrected chi connectivity index (χ4v) is 4.14. The van der Waals surface area contributed by atoms with Crippen LogP contribution in [0.1, 0.15) is 50.0 Å². The summed E-state index contributed by atoms with van der Waals surface area (Å²) in [5, 5.41) is 10.6. The van der Waals surface area contributed by atoms with Gasteiger partial charge in [0.1, 0.15) is 18.1 Å². The quantitative estimate of drug-likeness (QED) is 0.681. The normalized spacial score (nSPS) is 20.0. The predicted molar refractivity (Wildman–Crippen MR) is 115 cm³/mol. The number of nitrogens with zero attached hydrogens (tertiary/aromatic N) is 1. The van der Waals surface area contributed by atoms with Gasteiger partial charge in [-0.2, -0.15) is 0 Å². The summed E-state index contributed by atoms with van der Waals surface area (Å²) in [5.74, 6) is 1.46. The van der Waals surface area contributed by atoms with E-state index < -0.39 is 0 Å². The van der Waals surface area contributed by atoms with Gasteiger partial charge >= 0.3 is 0 Å². The molecule has 7 nitrogen and oxygen atoms in total. The Kier molecular flexibility index (Phi) is 6.11. The fraction of sp³-hybridized carbons (Fsp3) is 0.565. The van der Waals surface area contributed by atoms with E-state index in [4.69, 9.17) is 14.0 Å². The maximum Gasteiger partial charge on any atom is 0.227 e. The monoisotopic (exact) mass is 413 g/mol. The van der Waals surface area contributed by atoms with Crippen LogP contribution >= 0.6 is 0 Å². The molecule has 0 bridgehead atoms. The van der Waals surface area contributed by atoms with Crippen LogP contribution in [0.3, 0.4) is 0 Å². The zero-order chi connectivity index (χ0) is 21.1. The van der Waals surface area contributed by atoms with Crippen molar-refractivity contribution < 1.29 is 18.8 Å². The van der Waals surface area contributed by atoms with Crippen LogP contribution in [0.2, 0.25) is 0 Å². The molecule has 1 aliphatic carbocycles. The van der Waals surface area contributed by atoms with Crippen LogP contribution in [0.4, 0.5) is 5.69 Å². The molecule has 1 aromatic carbocycles. The van der Waals surface area contributed by atoms with E-state index >= 15 is 0 Å². The number of piperidine rings is 1. The van der Waals surface area contributed by atoms with Crippen LogP contribution in [-0.2, 0) is 9.53 Å². The molecular formula is C23H31N3O4. The number of carbonyl (C=O) groups is 1. The lowest BCUT2D eigenvalue weighted by Crippen LogP contribution is -2.38. The molecule has 2 fully saturated rings. The van der Waals surface area contributed by atoms with Gasteiger partial charge in [0, 0.05) is 24.4 Å². The van der Waals surface area contributed by atoms with Gasteiger partial charge in [-0.05, 0) is 64.3 Å². The molecule has 1 aliphatic heterocycles. The highest BCUT2D eigenvalue weighted by atomic mass is 16.5. The maximum atomic E-state index is 12.5. The van der Waals surface area contributed by atoms with Gasteiger partial charge in [-0.1, -0.05) is 11.6 Å². The Hall–Kier alpha value is -2.38. The number of hydrogen-bond donors (Lipinski definition) is 2. The smallest absolute Gasteiger partial charge is 0.227 e. The lowest BCUT2D eigenvalue weighted by Gasteiger charge is -2.24. The van der Waals surface area contributed by atoms with Crippen molar-refractivity contribution in [2.24, 2.45) is 0 Å². The molecule has 0 radical (unpaired) electrons. The summed E-state index contributed by atoms with van der Waals surface area (Å²) in [6, 6.07) is 6.11. The first kappa shape index (κ1) is 20.9. The molecule has 0 unspecified atom stereocenters. The number of hydrogen-bond acceptors (Lipinski definition) is 6. The Morgan fingerprint density at radius 3 is 2.80 bits per heavy atom. The number of aryl methyl sites for hydroxylation is 2. The van der Waals surface area contributed by atoms with E-state index in [0.29, 0.717) is 19.1 Å². The average molecular weight is 414 g/mol. The molecule has 1 atom stereocenters. The number of benzene rings is 1. The van der Waals surface area contributed by atoms with Crippen molar-refractivity contribution in [3.05, 3.63) is 29.7 Å². The van der Waals surface area contributed by atoms with Crippen molar-refractivity contribution in [3.63, 3.8) is 0 Å². The van der Waals surface area contributed by atoms with Crippen molar-refractivity contribution in [2.45, 2.75) is 64.0 Å². The van der Waals surface area contributed by atoms with E-state index in [-0.39, 0.29) is 11.5 Å². The Bertz CT molecular complexity index is 878. The van der Waals surface area contributed by atoms with E-state index in [0.717, 1.165) is 59.8 Å². The van der Waals surface area contributed by atoms with Crippen LogP contribution in [-0.4, -0.2) is 43.0 Å².